The van der Waals surface area contributed by atoms with E-state index in [1.165, 1.54) is 11.1 Å². The lowest BCUT2D eigenvalue weighted by Crippen LogP contribution is -1.91. The zero-order chi connectivity index (χ0) is 14.9. The van der Waals surface area contributed by atoms with Crippen LogP contribution in [0.2, 0.25) is 5.02 Å². The molecule has 106 valence electrons. The number of para-hydroxylation sites is 1. The van der Waals surface area contributed by atoms with Crippen molar-refractivity contribution in [2.75, 3.05) is 0 Å². The van der Waals surface area contributed by atoms with Gasteiger partial charge in [0.2, 0.25) is 0 Å². The lowest BCUT2D eigenvalue weighted by molar-refractivity contribution is 1.13. The van der Waals surface area contributed by atoms with Gasteiger partial charge in [-0.2, -0.15) is 0 Å². The Kier molecular flexibility index (Phi) is 3.21. The molecule has 1 nitrogen and oxygen atoms in total. The topological polar surface area (TPSA) is 4.93 Å². The predicted octanol–water partition coefficient (Wildman–Crippen LogP) is 5.95. The highest BCUT2D eigenvalue weighted by Gasteiger charge is 2.07. The van der Waals surface area contributed by atoms with E-state index in [2.05, 4.69) is 59.2 Å². The summed E-state index contributed by atoms with van der Waals surface area (Å²) >= 11 is 6.33. The van der Waals surface area contributed by atoms with Gasteiger partial charge in [-0.3, -0.25) is 0 Å². The Bertz CT molecular complexity index is 921. The van der Waals surface area contributed by atoms with Crippen molar-refractivity contribution in [3.05, 3.63) is 90.1 Å². The van der Waals surface area contributed by atoms with E-state index in [-0.39, 0.29) is 0 Å². The number of halogens is 1. The Hall–Kier alpha value is -2.51. The van der Waals surface area contributed by atoms with Gasteiger partial charge in [-0.1, -0.05) is 72.3 Å². The van der Waals surface area contributed by atoms with Crippen LogP contribution >= 0.6 is 11.6 Å². The van der Waals surface area contributed by atoms with Crippen LogP contribution in [-0.4, -0.2) is 4.57 Å². The molecule has 0 fully saturated rings. The molecule has 3 aromatic carbocycles. The summed E-state index contributed by atoms with van der Waals surface area (Å²) in [5.74, 6) is 0. The summed E-state index contributed by atoms with van der Waals surface area (Å²) in [6.07, 6.45) is 1.98. The van der Waals surface area contributed by atoms with Crippen molar-refractivity contribution >= 4 is 22.5 Å². The SMILES string of the molecule is Clc1cn(-c2ccc(-c3ccccc3)cc2)c2ccccc12. The fraction of sp³-hybridized carbons (Fsp3) is 0. The number of nitrogens with zero attached hydrogens (tertiary/aromatic N) is 1. The molecule has 4 rings (SSSR count). The molecule has 0 saturated carbocycles. The molecule has 0 aliphatic rings. The third-order valence-corrected chi connectivity index (χ3v) is 4.22. The van der Waals surface area contributed by atoms with E-state index in [0.29, 0.717) is 0 Å². The second kappa shape index (κ2) is 5.36. The molecule has 0 bridgehead atoms. The first-order valence-corrected chi connectivity index (χ1v) is 7.62. The van der Waals surface area contributed by atoms with Gasteiger partial charge >= 0.3 is 0 Å². The smallest absolute Gasteiger partial charge is 0.0665 e. The summed E-state index contributed by atoms with van der Waals surface area (Å²) in [4.78, 5) is 0. The van der Waals surface area contributed by atoms with E-state index in [1.54, 1.807) is 0 Å². The van der Waals surface area contributed by atoms with E-state index in [0.717, 1.165) is 21.6 Å². The standard InChI is InChI=1S/C20H14ClN/c21-19-14-22(20-9-5-4-8-18(19)20)17-12-10-16(11-13-17)15-6-2-1-3-7-15/h1-14H. The zero-order valence-electron chi connectivity index (χ0n) is 11.9. The highest BCUT2D eigenvalue weighted by Crippen LogP contribution is 2.29. The molecule has 0 unspecified atom stereocenters. The molecule has 0 amide bonds. The molecule has 0 radical (unpaired) electrons. The maximum atomic E-state index is 6.33. The normalized spacial score (nSPS) is 11.0. The number of fused-ring (bicyclic) bond motifs is 1. The first-order valence-electron chi connectivity index (χ1n) is 7.24. The Balaban J connectivity index is 1.80. The average Bonchev–Trinajstić information content (AvgIpc) is 2.93. The molecule has 0 atom stereocenters. The molecule has 0 aliphatic heterocycles. The van der Waals surface area contributed by atoms with E-state index < -0.39 is 0 Å². The van der Waals surface area contributed by atoms with Crippen LogP contribution in [0.15, 0.2) is 85.1 Å². The number of hydrogen-bond acceptors (Lipinski definition) is 0. The summed E-state index contributed by atoms with van der Waals surface area (Å²) < 4.78 is 2.13. The van der Waals surface area contributed by atoms with Gasteiger partial charge in [-0.15, -0.1) is 0 Å². The minimum Gasteiger partial charge on any atom is -0.315 e. The summed E-state index contributed by atoms with van der Waals surface area (Å²) in [5, 5.41) is 1.86. The fourth-order valence-corrected chi connectivity index (χ4v) is 3.05. The van der Waals surface area contributed by atoms with Crippen LogP contribution in [0.25, 0.3) is 27.7 Å². The third-order valence-electron chi connectivity index (χ3n) is 3.92. The van der Waals surface area contributed by atoms with Gasteiger partial charge in [-0.25, -0.2) is 0 Å². The molecule has 1 aromatic heterocycles. The summed E-state index contributed by atoms with van der Waals surface area (Å²) in [5.41, 5.74) is 4.68. The van der Waals surface area contributed by atoms with Crippen LogP contribution in [0.1, 0.15) is 0 Å². The Morgan fingerprint density at radius 2 is 1.27 bits per heavy atom. The van der Waals surface area contributed by atoms with Crippen molar-refractivity contribution in [2.45, 2.75) is 0 Å². The maximum absolute atomic E-state index is 6.33. The summed E-state index contributed by atoms with van der Waals surface area (Å²) in [7, 11) is 0. The third kappa shape index (κ3) is 2.20. The van der Waals surface area contributed by atoms with Gasteiger partial charge in [-0.05, 0) is 29.3 Å². The van der Waals surface area contributed by atoms with Crippen molar-refractivity contribution in [1.82, 2.24) is 4.57 Å². The maximum Gasteiger partial charge on any atom is 0.0665 e. The molecule has 4 aromatic rings. The monoisotopic (exact) mass is 303 g/mol. The molecule has 1 heterocycles. The summed E-state index contributed by atoms with van der Waals surface area (Å²) in [6, 6.07) is 27.1. The first kappa shape index (κ1) is 13.2. The number of hydrogen-bond donors (Lipinski definition) is 0. The predicted molar refractivity (Wildman–Crippen MR) is 93.7 cm³/mol. The van der Waals surface area contributed by atoms with Gasteiger partial charge in [0.25, 0.3) is 0 Å². The van der Waals surface area contributed by atoms with Crippen molar-refractivity contribution in [1.29, 1.82) is 0 Å². The highest BCUT2D eigenvalue weighted by atomic mass is 35.5. The second-order valence-corrected chi connectivity index (χ2v) is 5.68. The second-order valence-electron chi connectivity index (χ2n) is 5.28. The highest BCUT2D eigenvalue weighted by molar-refractivity contribution is 6.35. The van der Waals surface area contributed by atoms with Crippen LogP contribution in [0, 0.1) is 0 Å². The van der Waals surface area contributed by atoms with Crippen LogP contribution in [0.3, 0.4) is 0 Å². The largest absolute Gasteiger partial charge is 0.315 e. The minimum absolute atomic E-state index is 0.780. The van der Waals surface area contributed by atoms with Crippen molar-refractivity contribution in [3.8, 4) is 16.8 Å². The van der Waals surface area contributed by atoms with Crippen molar-refractivity contribution < 1.29 is 0 Å². The van der Waals surface area contributed by atoms with Gasteiger partial charge in [0, 0.05) is 17.3 Å². The van der Waals surface area contributed by atoms with E-state index >= 15 is 0 Å². The lowest BCUT2D eigenvalue weighted by Gasteiger charge is -2.07. The van der Waals surface area contributed by atoms with Crippen molar-refractivity contribution in [3.63, 3.8) is 0 Å². The first-order chi connectivity index (χ1) is 10.8. The number of aromatic nitrogens is 1. The number of rotatable bonds is 2. The molecule has 0 aliphatic carbocycles. The zero-order valence-corrected chi connectivity index (χ0v) is 12.7. The molecule has 0 saturated heterocycles. The lowest BCUT2D eigenvalue weighted by atomic mass is 10.1. The van der Waals surface area contributed by atoms with Gasteiger partial charge in [0.1, 0.15) is 0 Å². The molecule has 0 spiro atoms. The van der Waals surface area contributed by atoms with Crippen LogP contribution in [0.4, 0.5) is 0 Å². The molecule has 22 heavy (non-hydrogen) atoms. The Morgan fingerprint density at radius 3 is 2.05 bits per heavy atom. The molecule has 2 heteroatoms. The minimum atomic E-state index is 0.780. The van der Waals surface area contributed by atoms with Crippen LogP contribution in [-0.2, 0) is 0 Å². The Morgan fingerprint density at radius 1 is 0.636 bits per heavy atom. The quantitative estimate of drug-likeness (QED) is 0.431. The number of benzene rings is 3. The van der Waals surface area contributed by atoms with Crippen LogP contribution < -0.4 is 0 Å². The molecular formula is C20H14ClN. The van der Waals surface area contributed by atoms with E-state index in [4.69, 9.17) is 11.6 Å². The fourth-order valence-electron chi connectivity index (χ4n) is 2.80. The van der Waals surface area contributed by atoms with Crippen molar-refractivity contribution in [2.24, 2.45) is 0 Å². The Labute approximate surface area is 134 Å². The molecular weight excluding hydrogens is 290 g/mol. The van der Waals surface area contributed by atoms with Crippen LogP contribution in [0.5, 0.6) is 0 Å². The van der Waals surface area contributed by atoms with Gasteiger partial charge in [0.05, 0.1) is 10.5 Å². The average molecular weight is 304 g/mol. The van der Waals surface area contributed by atoms with Gasteiger partial charge in [0.15, 0.2) is 0 Å². The van der Waals surface area contributed by atoms with E-state index in [1.807, 2.05) is 30.5 Å². The molecule has 0 N–H and O–H groups in total. The van der Waals surface area contributed by atoms with E-state index in [9.17, 15) is 0 Å². The van der Waals surface area contributed by atoms with Gasteiger partial charge < -0.3 is 4.57 Å². The summed E-state index contributed by atoms with van der Waals surface area (Å²) in [6.45, 7) is 0.